The number of Topliss-reactive ketones (excluding diaryl/α,β-unsaturated/α-hetero) is 1. The fourth-order valence-corrected chi connectivity index (χ4v) is 3.54. The van der Waals surface area contributed by atoms with Crippen molar-refractivity contribution in [3.8, 4) is 0 Å². The van der Waals surface area contributed by atoms with Crippen LogP contribution in [0.25, 0.3) is 5.83 Å². The van der Waals surface area contributed by atoms with Gasteiger partial charge in [-0.3, -0.25) is 4.79 Å². The monoisotopic (exact) mass is 419 g/mol. The third kappa shape index (κ3) is 4.95. The van der Waals surface area contributed by atoms with Gasteiger partial charge in [0.2, 0.25) is 5.78 Å². The van der Waals surface area contributed by atoms with Crippen LogP contribution in [0.15, 0.2) is 77.6 Å². The number of piperazine rings is 1. The Hall–Kier alpha value is -3.58. The summed E-state index contributed by atoms with van der Waals surface area (Å²) in [6.07, 6.45) is 3.17. The van der Waals surface area contributed by atoms with Gasteiger partial charge in [0, 0.05) is 31.2 Å². The lowest BCUT2D eigenvalue weighted by Gasteiger charge is -2.35. The highest BCUT2D eigenvalue weighted by atomic mass is 19.1. The normalized spacial score (nSPS) is 17.4. The molecule has 31 heavy (non-hydrogen) atoms. The lowest BCUT2D eigenvalue weighted by atomic mass is 10.0. The molecule has 1 aliphatic heterocycles. The first-order valence-electron chi connectivity index (χ1n) is 9.99. The van der Waals surface area contributed by atoms with E-state index in [-0.39, 0.29) is 28.7 Å². The second-order valence-corrected chi connectivity index (χ2v) is 7.12. The summed E-state index contributed by atoms with van der Waals surface area (Å²) in [5.41, 5.74) is 7.09. The average molecular weight is 420 g/mol. The molecular formula is C24H26FN5O. The molecule has 0 aliphatic carbocycles. The smallest absolute Gasteiger partial charge is 0.215 e. The van der Waals surface area contributed by atoms with Crippen LogP contribution in [0.5, 0.6) is 0 Å². The number of anilines is 1. The molecule has 1 fully saturated rings. The van der Waals surface area contributed by atoms with Crippen LogP contribution >= 0.6 is 0 Å². The average Bonchev–Trinajstić information content (AvgIpc) is 2.81. The lowest BCUT2D eigenvalue weighted by Crippen LogP contribution is -2.46. The number of nitrogens with zero attached hydrogens (tertiary/aromatic N) is 3. The van der Waals surface area contributed by atoms with E-state index < -0.39 is 11.6 Å². The minimum Gasteiger partial charge on any atom is -0.383 e. The molecule has 0 spiro atoms. The first-order chi connectivity index (χ1) is 15.0. The summed E-state index contributed by atoms with van der Waals surface area (Å²) in [6.45, 7) is 10.6. The Bertz CT molecular complexity index is 1050. The fraction of sp³-hybridized carbons (Fsp3) is 0.208. The summed E-state index contributed by atoms with van der Waals surface area (Å²) < 4.78 is 14.1. The van der Waals surface area contributed by atoms with E-state index in [1.807, 2.05) is 18.2 Å². The largest absolute Gasteiger partial charge is 0.383 e. The van der Waals surface area contributed by atoms with E-state index in [1.54, 1.807) is 19.1 Å². The van der Waals surface area contributed by atoms with E-state index >= 15 is 0 Å². The van der Waals surface area contributed by atoms with E-state index in [0.29, 0.717) is 18.9 Å². The van der Waals surface area contributed by atoms with Crippen LogP contribution in [0, 0.1) is 0 Å². The Kier molecular flexibility index (Phi) is 7.10. The predicted molar refractivity (Wildman–Crippen MR) is 124 cm³/mol. The lowest BCUT2D eigenvalue weighted by molar-refractivity contribution is 0.103. The Morgan fingerprint density at radius 3 is 2.71 bits per heavy atom. The van der Waals surface area contributed by atoms with Crippen LogP contribution < -0.4 is 16.0 Å². The molecular weight excluding hydrogens is 393 g/mol. The quantitative estimate of drug-likeness (QED) is 0.309. The maximum Gasteiger partial charge on any atom is 0.215 e. The molecule has 1 aliphatic rings. The zero-order valence-corrected chi connectivity index (χ0v) is 17.5. The van der Waals surface area contributed by atoms with Gasteiger partial charge in [-0.05, 0) is 31.3 Å². The minimum absolute atomic E-state index is 0.0300. The Balaban J connectivity index is 1.99. The number of nitrogens with one attached hydrogen (secondary N) is 1. The van der Waals surface area contributed by atoms with Crippen molar-refractivity contribution < 1.29 is 9.18 Å². The van der Waals surface area contributed by atoms with Crippen LogP contribution in [0.3, 0.4) is 0 Å². The highest BCUT2D eigenvalue weighted by Crippen LogP contribution is 2.27. The van der Waals surface area contributed by atoms with Gasteiger partial charge in [-0.1, -0.05) is 49.1 Å². The number of hydrogen-bond acceptors (Lipinski definition) is 6. The molecule has 0 amide bonds. The highest BCUT2D eigenvalue weighted by molar-refractivity contribution is 6.12. The molecule has 2 aromatic rings. The van der Waals surface area contributed by atoms with Gasteiger partial charge in [0.15, 0.2) is 0 Å². The molecule has 1 aromatic heterocycles. The number of ketones is 1. The number of aliphatic imine (C=N–C) groups is 1. The van der Waals surface area contributed by atoms with Gasteiger partial charge < -0.3 is 16.0 Å². The SMILES string of the molecule is C=N/C(N)=C(\C=C/C)C(=O)c1nc(N2CCN[C@H](c3ccccc3)C2)ccc1C(=C)F. The number of pyridine rings is 1. The molecule has 1 aromatic carbocycles. The van der Waals surface area contributed by atoms with Crippen LogP contribution in [-0.4, -0.2) is 37.1 Å². The molecule has 6 nitrogen and oxygen atoms in total. The van der Waals surface area contributed by atoms with Crippen LogP contribution in [-0.2, 0) is 0 Å². The molecule has 0 saturated carbocycles. The maximum atomic E-state index is 14.1. The number of benzene rings is 1. The van der Waals surface area contributed by atoms with E-state index in [9.17, 15) is 9.18 Å². The number of nitrogens with two attached hydrogens (primary N) is 1. The predicted octanol–water partition coefficient (Wildman–Crippen LogP) is 3.80. The molecule has 2 heterocycles. The summed E-state index contributed by atoms with van der Waals surface area (Å²) in [6, 6.07) is 13.5. The molecule has 160 valence electrons. The van der Waals surface area contributed by atoms with Crippen molar-refractivity contribution in [3.05, 3.63) is 89.4 Å². The van der Waals surface area contributed by atoms with Crippen LogP contribution in [0.2, 0.25) is 0 Å². The van der Waals surface area contributed by atoms with Gasteiger partial charge in [0.1, 0.15) is 23.2 Å². The molecule has 0 unspecified atom stereocenters. The number of halogens is 1. The topological polar surface area (TPSA) is 83.6 Å². The molecule has 0 radical (unpaired) electrons. The zero-order chi connectivity index (χ0) is 22.4. The van der Waals surface area contributed by atoms with Gasteiger partial charge in [0.05, 0.1) is 5.57 Å². The van der Waals surface area contributed by atoms with E-state index in [2.05, 4.69) is 45.6 Å². The summed E-state index contributed by atoms with van der Waals surface area (Å²) in [7, 11) is 0. The van der Waals surface area contributed by atoms with Gasteiger partial charge in [0.25, 0.3) is 0 Å². The van der Waals surface area contributed by atoms with E-state index in [4.69, 9.17) is 5.73 Å². The third-order valence-corrected chi connectivity index (χ3v) is 5.11. The van der Waals surface area contributed by atoms with Crippen molar-refractivity contribution in [1.29, 1.82) is 0 Å². The zero-order valence-electron chi connectivity index (χ0n) is 17.5. The summed E-state index contributed by atoms with van der Waals surface area (Å²) >= 11 is 0. The van der Waals surface area contributed by atoms with Crippen molar-refractivity contribution in [1.82, 2.24) is 10.3 Å². The van der Waals surface area contributed by atoms with Crippen molar-refractivity contribution in [2.24, 2.45) is 10.7 Å². The second kappa shape index (κ2) is 9.95. The summed E-state index contributed by atoms with van der Waals surface area (Å²) in [4.78, 5) is 23.5. The van der Waals surface area contributed by atoms with E-state index in [1.165, 1.54) is 17.7 Å². The Labute approximate surface area is 181 Å². The van der Waals surface area contributed by atoms with Crippen molar-refractivity contribution >= 4 is 24.1 Å². The number of carbonyl (C=O) groups is 1. The molecule has 1 atom stereocenters. The number of hydrogen-bond donors (Lipinski definition) is 2. The van der Waals surface area contributed by atoms with Gasteiger partial charge in [-0.25, -0.2) is 14.4 Å². The molecule has 3 N–H and O–H groups in total. The van der Waals surface area contributed by atoms with Crippen LogP contribution in [0.4, 0.5) is 10.2 Å². The van der Waals surface area contributed by atoms with Crippen molar-refractivity contribution in [3.63, 3.8) is 0 Å². The standard InChI is InChI=1S/C24H26FN5O/c1-4-8-19(24(26)27-3)23(31)22-18(16(2)25)11-12-21(29-22)30-14-13-28-20(15-30)17-9-6-5-7-10-17/h4-12,20,28H,2-3,13-15,26H2,1H3/b8-4-,24-19+/t20-/m0/s1. The van der Waals surface area contributed by atoms with Gasteiger partial charge >= 0.3 is 0 Å². The van der Waals surface area contributed by atoms with Crippen molar-refractivity contribution in [2.75, 3.05) is 24.5 Å². The van der Waals surface area contributed by atoms with Gasteiger partial charge in [-0.2, -0.15) is 0 Å². The molecule has 7 heteroatoms. The Morgan fingerprint density at radius 1 is 1.32 bits per heavy atom. The third-order valence-electron chi connectivity index (χ3n) is 5.11. The first kappa shape index (κ1) is 22.1. The first-order valence-corrected chi connectivity index (χ1v) is 9.99. The summed E-state index contributed by atoms with van der Waals surface area (Å²) in [5, 5.41) is 3.50. The van der Waals surface area contributed by atoms with Gasteiger partial charge in [-0.15, -0.1) is 0 Å². The number of rotatable bonds is 7. The maximum absolute atomic E-state index is 14.1. The summed E-state index contributed by atoms with van der Waals surface area (Å²) in [5.74, 6) is -0.735. The van der Waals surface area contributed by atoms with E-state index in [0.717, 1.165) is 6.54 Å². The number of aromatic nitrogens is 1. The number of allylic oxidation sites excluding steroid dienone is 3. The minimum atomic E-state index is -0.741. The second-order valence-electron chi connectivity index (χ2n) is 7.12. The number of carbonyl (C=O) groups excluding carboxylic acids is 1. The van der Waals surface area contributed by atoms with Crippen LogP contribution in [0.1, 0.15) is 34.6 Å². The molecule has 3 rings (SSSR count). The van der Waals surface area contributed by atoms with Crippen molar-refractivity contribution in [2.45, 2.75) is 13.0 Å². The molecule has 1 saturated heterocycles. The fourth-order valence-electron chi connectivity index (χ4n) is 3.54. The Morgan fingerprint density at radius 2 is 2.06 bits per heavy atom. The highest BCUT2D eigenvalue weighted by Gasteiger charge is 2.25. The molecule has 0 bridgehead atoms.